The van der Waals surface area contributed by atoms with Crippen molar-refractivity contribution in [3.63, 3.8) is 0 Å². The van der Waals surface area contributed by atoms with Gasteiger partial charge < -0.3 is 15.4 Å². The van der Waals surface area contributed by atoms with Crippen LogP contribution in [0.1, 0.15) is 25.8 Å². The summed E-state index contributed by atoms with van der Waals surface area (Å²) in [5.74, 6) is 0.0756. The fraction of sp³-hybridized carbons (Fsp3) is 0.562. The summed E-state index contributed by atoms with van der Waals surface area (Å²) in [4.78, 5) is 12.2. The fourth-order valence-corrected chi connectivity index (χ4v) is 2.37. The van der Waals surface area contributed by atoms with Gasteiger partial charge in [-0.05, 0) is 23.5 Å². The molecule has 0 spiro atoms. The van der Waals surface area contributed by atoms with E-state index in [1.54, 1.807) is 7.11 Å². The average Bonchev–Trinajstić information content (AvgIpc) is 2.86. The number of hydrogen-bond acceptors (Lipinski definition) is 3. The molecule has 1 aromatic rings. The van der Waals surface area contributed by atoms with Crippen molar-refractivity contribution >= 4 is 11.6 Å². The van der Waals surface area contributed by atoms with Crippen molar-refractivity contribution in [1.29, 1.82) is 0 Å². The lowest BCUT2D eigenvalue weighted by Crippen LogP contribution is -2.42. The molecule has 0 saturated heterocycles. The van der Waals surface area contributed by atoms with Gasteiger partial charge in [0.05, 0.1) is 0 Å². The highest BCUT2D eigenvalue weighted by Gasteiger charge is 2.27. The third kappa shape index (κ3) is 3.73. The molecule has 2 rings (SSSR count). The van der Waals surface area contributed by atoms with Crippen LogP contribution < -0.4 is 10.6 Å². The minimum atomic E-state index is -0.148. The van der Waals surface area contributed by atoms with Gasteiger partial charge in [0, 0.05) is 32.4 Å². The smallest absolute Gasteiger partial charge is 0.242 e. The maximum atomic E-state index is 12.2. The first-order valence-corrected chi connectivity index (χ1v) is 7.13. The van der Waals surface area contributed by atoms with Crippen molar-refractivity contribution in [3.8, 4) is 0 Å². The van der Waals surface area contributed by atoms with Crippen molar-refractivity contribution in [2.24, 2.45) is 5.41 Å². The van der Waals surface area contributed by atoms with Crippen LogP contribution in [0.2, 0.25) is 0 Å². The standard InChI is InChI=1S/C16H24N2O2/c1-16(2,8-9-20-3)11-17-15(19)14-10-12-6-4-5-7-13(12)18-14/h4-7,14,18H,8-11H2,1-3H3,(H,17,19). The number of rotatable bonds is 6. The molecule has 1 atom stereocenters. The summed E-state index contributed by atoms with van der Waals surface area (Å²) >= 11 is 0. The highest BCUT2D eigenvalue weighted by molar-refractivity contribution is 5.87. The molecule has 4 nitrogen and oxygen atoms in total. The fourth-order valence-electron chi connectivity index (χ4n) is 2.37. The van der Waals surface area contributed by atoms with E-state index in [0.29, 0.717) is 6.54 Å². The van der Waals surface area contributed by atoms with E-state index in [0.717, 1.165) is 25.1 Å². The largest absolute Gasteiger partial charge is 0.385 e. The van der Waals surface area contributed by atoms with Crippen molar-refractivity contribution in [2.75, 3.05) is 25.6 Å². The Morgan fingerprint density at radius 3 is 2.90 bits per heavy atom. The predicted molar refractivity (Wildman–Crippen MR) is 80.8 cm³/mol. The molecule has 1 unspecified atom stereocenters. The lowest BCUT2D eigenvalue weighted by molar-refractivity contribution is -0.122. The molecule has 0 bridgehead atoms. The molecule has 1 heterocycles. The predicted octanol–water partition coefficient (Wildman–Crippen LogP) is 2.20. The average molecular weight is 276 g/mol. The highest BCUT2D eigenvalue weighted by atomic mass is 16.5. The van der Waals surface area contributed by atoms with Crippen molar-refractivity contribution in [3.05, 3.63) is 29.8 Å². The molecule has 1 amide bonds. The summed E-state index contributed by atoms with van der Waals surface area (Å²) in [5.41, 5.74) is 2.34. The summed E-state index contributed by atoms with van der Waals surface area (Å²) in [6.07, 6.45) is 1.70. The maximum Gasteiger partial charge on any atom is 0.242 e. The van der Waals surface area contributed by atoms with Gasteiger partial charge in [0.2, 0.25) is 5.91 Å². The second-order valence-corrected chi connectivity index (χ2v) is 6.18. The van der Waals surface area contributed by atoms with E-state index >= 15 is 0 Å². The van der Waals surface area contributed by atoms with E-state index in [4.69, 9.17) is 4.74 Å². The van der Waals surface area contributed by atoms with Crippen molar-refractivity contribution < 1.29 is 9.53 Å². The number of nitrogens with one attached hydrogen (secondary N) is 2. The van der Waals surface area contributed by atoms with Gasteiger partial charge in [0.1, 0.15) is 6.04 Å². The first-order chi connectivity index (χ1) is 9.52. The van der Waals surface area contributed by atoms with Crippen LogP contribution in [0, 0.1) is 5.41 Å². The number of para-hydroxylation sites is 1. The maximum absolute atomic E-state index is 12.2. The quantitative estimate of drug-likeness (QED) is 0.837. The SMILES string of the molecule is COCCC(C)(C)CNC(=O)C1Cc2ccccc2N1. The van der Waals surface area contributed by atoms with Crippen LogP contribution in [0.25, 0.3) is 0 Å². The topological polar surface area (TPSA) is 50.4 Å². The highest BCUT2D eigenvalue weighted by Crippen LogP contribution is 2.25. The molecule has 0 aromatic heterocycles. The molecule has 4 heteroatoms. The van der Waals surface area contributed by atoms with Gasteiger partial charge >= 0.3 is 0 Å². The van der Waals surface area contributed by atoms with Gasteiger partial charge in [-0.25, -0.2) is 0 Å². The molecular weight excluding hydrogens is 252 g/mol. The molecule has 1 aromatic carbocycles. The van der Waals surface area contributed by atoms with E-state index in [1.807, 2.05) is 18.2 Å². The Labute approximate surface area is 120 Å². The van der Waals surface area contributed by atoms with Crippen LogP contribution in [0.4, 0.5) is 5.69 Å². The molecule has 1 aliphatic heterocycles. The number of methoxy groups -OCH3 is 1. The van der Waals surface area contributed by atoms with E-state index in [2.05, 4.69) is 30.5 Å². The zero-order valence-electron chi connectivity index (χ0n) is 12.5. The summed E-state index contributed by atoms with van der Waals surface area (Å²) in [5, 5.41) is 6.33. The van der Waals surface area contributed by atoms with E-state index in [-0.39, 0.29) is 17.4 Å². The Balaban J connectivity index is 1.82. The van der Waals surface area contributed by atoms with Gasteiger partial charge in [0.15, 0.2) is 0 Å². The number of benzene rings is 1. The zero-order chi connectivity index (χ0) is 14.6. The molecule has 0 saturated carbocycles. The van der Waals surface area contributed by atoms with Crippen molar-refractivity contribution in [2.45, 2.75) is 32.7 Å². The number of anilines is 1. The minimum Gasteiger partial charge on any atom is -0.385 e. The van der Waals surface area contributed by atoms with Gasteiger partial charge in [-0.2, -0.15) is 0 Å². The lowest BCUT2D eigenvalue weighted by Gasteiger charge is -2.25. The Bertz CT molecular complexity index is 446. The number of carbonyl (C=O) groups excluding carboxylic acids is 1. The van der Waals surface area contributed by atoms with Crippen LogP contribution in [0.3, 0.4) is 0 Å². The second-order valence-electron chi connectivity index (χ2n) is 6.18. The normalized spacial score (nSPS) is 17.4. The Kier molecular flexibility index (Phi) is 4.65. The van der Waals surface area contributed by atoms with Gasteiger partial charge in [-0.3, -0.25) is 4.79 Å². The van der Waals surface area contributed by atoms with Crippen molar-refractivity contribution in [1.82, 2.24) is 5.32 Å². The molecule has 0 radical (unpaired) electrons. The summed E-state index contributed by atoms with van der Waals surface area (Å²) in [6.45, 7) is 5.67. The van der Waals surface area contributed by atoms with Crippen LogP contribution in [-0.4, -0.2) is 32.2 Å². The van der Waals surface area contributed by atoms with Crippen LogP contribution >= 0.6 is 0 Å². The number of ether oxygens (including phenoxy) is 1. The van der Waals surface area contributed by atoms with Gasteiger partial charge in [0.25, 0.3) is 0 Å². The van der Waals surface area contributed by atoms with E-state index in [1.165, 1.54) is 5.56 Å². The first-order valence-electron chi connectivity index (χ1n) is 7.13. The van der Waals surface area contributed by atoms with E-state index < -0.39 is 0 Å². The third-order valence-electron chi connectivity index (χ3n) is 3.81. The second kappa shape index (κ2) is 6.27. The molecular formula is C16H24N2O2. The number of fused-ring (bicyclic) bond motifs is 1. The molecule has 0 aliphatic carbocycles. The number of hydrogen-bond donors (Lipinski definition) is 2. The van der Waals surface area contributed by atoms with Gasteiger partial charge in [-0.1, -0.05) is 32.0 Å². The monoisotopic (exact) mass is 276 g/mol. The molecule has 1 aliphatic rings. The number of carbonyl (C=O) groups is 1. The molecule has 2 N–H and O–H groups in total. The van der Waals surface area contributed by atoms with Crippen LogP contribution in [0.5, 0.6) is 0 Å². The molecule has 20 heavy (non-hydrogen) atoms. The molecule has 0 fully saturated rings. The lowest BCUT2D eigenvalue weighted by atomic mass is 9.89. The van der Waals surface area contributed by atoms with E-state index in [9.17, 15) is 4.79 Å². The summed E-state index contributed by atoms with van der Waals surface area (Å²) < 4.78 is 5.10. The summed E-state index contributed by atoms with van der Waals surface area (Å²) in [6, 6.07) is 7.93. The molecule has 110 valence electrons. The summed E-state index contributed by atoms with van der Waals surface area (Å²) in [7, 11) is 1.70. The first kappa shape index (κ1) is 14.9. The van der Waals surface area contributed by atoms with Crippen LogP contribution in [0.15, 0.2) is 24.3 Å². The third-order valence-corrected chi connectivity index (χ3v) is 3.81. The number of amides is 1. The van der Waals surface area contributed by atoms with Gasteiger partial charge in [-0.15, -0.1) is 0 Å². The minimum absolute atomic E-state index is 0.0527. The van der Waals surface area contributed by atoms with Crippen LogP contribution in [-0.2, 0) is 16.0 Å². The Hall–Kier alpha value is -1.55. The zero-order valence-corrected chi connectivity index (χ0v) is 12.5. The Morgan fingerprint density at radius 2 is 2.20 bits per heavy atom. The Morgan fingerprint density at radius 1 is 1.45 bits per heavy atom.